The Labute approximate surface area is 194 Å². The number of guanidine groups is 1. The molecule has 0 aromatic heterocycles. The summed E-state index contributed by atoms with van der Waals surface area (Å²) < 4.78 is 36.6. The van der Waals surface area contributed by atoms with Crippen LogP contribution in [0.4, 0.5) is 0 Å². The monoisotopic (exact) mass is 546 g/mol. The average Bonchev–Trinajstić information content (AvgIpc) is 3.20. The van der Waals surface area contributed by atoms with E-state index >= 15 is 0 Å². The van der Waals surface area contributed by atoms with E-state index in [1.54, 1.807) is 24.3 Å². The number of fused-ring (bicyclic) bond motifs is 1. The van der Waals surface area contributed by atoms with Crippen molar-refractivity contribution in [2.75, 3.05) is 26.9 Å². The third-order valence-corrected chi connectivity index (χ3v) is 5.84. The highest BCUT2D eigenvalue weighted by Gasteiger charge is 2.13. The van der Waals surface area contributed by atoms with Gasteiger partial charge in [0, 0.05) is 13.1 Å². The summed E-state index contributed by atoms with van der Waals surface area (Å²) >= 11 is 0. The van der Waals surface area contributed by atoms with Gasteiger partial charge in [-0.05, 0) is 55.8 Å². The second kappa shape index (κ2) is 11.4. The molecule has 0 saturated heterocycles. The van der Waals surface area contributed by atoms with Gasteiger partial charge < -0.3 is 20.1 Å². The molecule has 0 fully saturated rings. The molecule has 1 heterocycles. The van der Waals surface area contributed by atoms with Crippen LogP contribution in [0.2, 0.25) is 0 Å². The molecule has 2 aromatic rings. The molecule has 0 amide bonds. The van der Waals surface area contributed by atoms with Crippen LogP contribution >= 0.6 is 24.0 Å². The predicted molar refractivity (Wildman–Crippen MR) is 127 cm³/mol. The summed E-state index contributed by atoms with van der Waals surface area (Å²) in [6.07, 6.45) is 0.817. The minimum absolute atomic E-state index is 0. The van der Waals surface area contributed by atoms with Crippen LogP contribution in [-0.2, 0) is 23.0 Å². The smallest absolute Gasteiger partial charge is 0.240 e. The molecular formula is C20H27IN4O4S. The quantitative estimate of drug-likeness (QED) is 0.267. The minimum atomic E-state index is -3.42. The Morgan fingerprint density at radius 3 is 2.43 bits per heavy atom. The molecule has 2 aromatic carbocycles. The number of halogens is 1. The number of ether oxygens (including phenoxy) is 2. The van der Waals surface area contributed by atoms with E-state index in [-0.39, 0.29) is 35.7 Å². The Morgan fingerprint density at radius 2 is 1.73 bits per heavy atom. The molecule has 0 atom stereocenters. The molecule has 3 rings (SSSR count). The summed E-state index contributed by atoms with van der Waals surface area (Å²) in [4.78, 5) is 4.81. The van der Waals surface area contributed by atoms with Crippen molar-refractivity contribution >= 4 is 40.0 Å². The first kappa shape index (κ1) is 24.2. The normalized spacial score (nSPS) is 12.9. The lowest BCUT2D eigenvalue weighted by atomic mass is 10.1. The van der Waals surface area contributed by atoms with Crippen molar-refractivity contribution in [1.82, 2.24) is 15.4 Å². The molecular weight excluding hydrogens is 519 g/mol. The molecule has 0 aliphatic carbocycles. The average molecular weight is 546 g/mol. The van der Waals surface area contributed by atoms with Crippen molar-refractivity contribution in [3.8, 4) is 11.5 Å². The second-order valence-corrected chi connectivity index (χ2v) is 8.30. The standard InChI is InChI=1S/C20H26N4O4S.HI/c1-3-22-20(23-11-10-15-6-9-18-19(12-15)28-14-27-18)24-13-16-4-7-17(8-5-16)29(25,26)21-2;/h4-9,12,21H,3,10-11,13-14H2,1-2H3,(H2,22,23,24);1H. The predicted octanol–water partition coefficient (Wildman–Crippen LogP) is 2.24. The Morgan fingerprint density at radius 1 is 1.03 bits per heavy atom. The molecule has 0 unspecified atom stereocenters. The number of rotatable bonds is 8. The molecule has 30 heavy (non-hydrogen) atoms. The molecule has 1 aliphatic rings. The van der Waals surface area contributed by atoms with Crippen LogP contribution < -0.4 is 24.8 Å². The van der Waals surface area contributed by atoms with Gasteiger partial charge in [-0.15, -0.1) is 24.0 Å². The summed E-state index contributed by atoms with van der Waals surface area (Å²) in [5.41, 5.74) is 2.08. The fourth-order valence-corrected chi connectivity index (χ4v) is 3.56. The maximum absolute atomic E-state index is 11.8. The van der Waals surface area contributed by atoms with E-state index < -0.39 is 10.0 Å². The Hall–Kier alpha value is -2.05. The number of sulfonamides is 1. The van der Waals surface area contributed by atoms with Crippen LogP contribution in [0.25, 0.3) is 0 Å². The first-order valence-corrected chi connectivity index (χ1v) is 10.9. The summed E-state index contributed by atoms with van der Waals surface area (Å²) in [6.45, 7) is 4.18. The summed E-state index contributed by atoms with van der Waals surface area (Å²) in [5, 5.41) is 6.53. The van der Waals surface area contributed by atoms with Gasteiger partial charge in [-0.25, -0.2) is 18.1 Å². The highest BCUT2D eigenvalue weighted by Crippen LogP contribution is 2.32. The van der Waals surface area contributed by atoms with Gasteiger partial charge in [0.05, 0.1) is 11.4 Å². The Kier molecular flexibility index (Phi) is 9.18. The van der Waals surface area contributed by atoms with Gasteiger partial charge in [-0.2, -0.15) is 0 Å². The maximum atomic E-state index is 11.8. The molecule has 0 bridgehead atoms. The third kappa shape index (κ3) is 6.47. The zero-order chi connectivity index (χ0) is 20.7. The highest BCUT2D eigenvalue weighted by atomic mass is 127. The van der Waals surface area contributed by atoms with E-state index in [1.165, 1.54) is 7.05 Å². The van der Waals surface area contributed by atoms with Crippen molar-refractivity contribution in [1.29, 1.82) is 0 Å². The van der Waals surface area contributed by atoms with Gasteiger partial charge in [0.15, 0.2) is 17.5 Å². The molecule has 8 nitrogen and oxygen atoms in total. The van der Waals surface area contributed by atoms with Crippen LogP contribution in [0.1, 0.15) is 18.1 Å². The lowest BCUT2D eigenvalue weighted by molar-refractivity contribution is 0.174. The SMILES string of the molecule is CCNC(=NCc1ccc(S(=O)(=O)NC)cc1)NCCc1ccc2c(c1)OCO2.I. The van der Waals surface area contributed by atoms with Gasteiger partial charge in [0.25, 0.3) is 0 Å². The lowest BCUT2D eigenvalue weighted by Crippen LogP contribution is -2.38. The number of benzene rings is 2. The topological polar surface area (TPSA) is 101 Å². The van der Waals surface area contributed by atoms with Crippen molar-refractivity contribution in [3.63, 3.8) is 0 Å². The van der Waals surface area contributed by atoms with Gasteiger partial charge in [0.2, 0.25) is 16.8 Å². The van der Waals surface area contributed by atoms with Crippen LogP contribution in [0.15, 0.2) is 52.4 Å². The Balaban J connectivity index is 0.00000320. The van der Waals surface area contributed by atoms with Crippen LogP contribution in [0.3, 0.4) is 0 Å². The second-order valence-electron chi connectivity index (χ2n) is 6.41. The molecule has 164 valence electrons. The van der Waals surface area contributed by atoms with E-state index in [2.05, 4.69) is 20.3 Å². The highest BCUT2D eigenvalue weighted by molar-refractivity contribution is 14.0. The van der Waals surface area contributed by atoms with Crippen molar-refractivity contribution in [3.05, 3.63) is 53.6 Å². The van der Waals surface area contributed by atoms with E-state index in [9.17, 15) is 8.42 Å². The molecule has 1 aliphatic heterocycles. The summed E-state index contributed by atoms with van der Waals surface area (Å²) in [7, 11) is -2.03. The van der Waals surface area contributed by atoms with Crippen molar-refractivity contribution < 1.29 is 17.9 Å². The van der Waals surface area contributed by atoms with E-state index in [0.717, 1.165) is 35.6 Å². The zero-order valence-electron chi connectivity index (χ0n) is 17.0. The number of hydrogen-bond donors (Lipinski definition) is 3. The summed E-state index contributed by atoms with van der Waals surface area (Å²) in [6, 6.07) is 12.6. The largest absolute Gasteiger partial charge is 0.454 e. The molecule has 0 saturated carbocycles. The van der Waals surface area contributed by atoms with Crippen LogP contribution in [0.5, 0.6) is 11.5 Å². The van der Waals surface area contributed by atoms with Gasteiger partial charge in [-0.1, -0.05) is 18.2 Å². The van der Waals surface area contributed by atoms with Gasteiger partial charge >= 0.3 is 0 Å². The van der Waals surface area contributed by atoms with E-state index in [0.29, 0.717) is 19.0 Å². The van der Waals surface area contributed by atoms with Gasteiger partial charge in [0.1, 0.15) is 0 Å². The third-order valence-electron chi connectivity index (χ3n) is 4.41. The molecule has 0 spiro atoms. The number of nitrogens with zero attached hydrogens (tertiary/aromatic N) is 1. The Bertz CT molecular complexity index is 965. The fraction of sp³-hybridized carbons (Fsp3) is 0.350. The van der Waals surface area contributed by atoms with Gasteiger partial charge in [-0.3, -0.25) is 0 Å². The maximum Gasteiger partial charge on any atom is 0.240 e. The fourth-order valence-electron chi connectivity index (χ4n) is 2.83. The number of aliphatic imine (C=N–C) groups is 1. The van der Waals surface area contributed by atoms with Crippen molar-refractivity contribution in [2.24, 2.45) is 4.99 Å². The number of hydrogen-bond acceptors (Lipinski definition) is 5. The van der Waals surface area contributed by atoms with E-state index in [1.807, 2.05) is 25.1 Å². The summed E-state index contributed by atoms with van der Waals surface area (Å²) in [5.74, 6) is 2.28. The van der Waals surface area contributed by atoms with Crippen molar-refractivity contribution in [2.45, 2.75) is 24.8 Å². The van der Waals surface area contributed by atoms with Crippen LogP contribution in [-0.4, -0.2) is 41.3 Å². The minimum Gasteiger partial charge on any atom is -0.454 e. The molecule has 3 N–H and O–H groups in total. The number of nitrogens with one attached hydrogen (secondary N) is 3. The van der Waals surface area contributed by atoms with Crippen LogP contribution in [0, 0.1) is 0 Å². The zero-order valence-corrected chi connectivity index (χ0v) is 20.1. The first-order valence-electron chi connectivity index (χ1n) is 9.45. The lowest BCUT2D eigenvalue weighted by Gasteiger charge is -2.12. The molecule has 10 heteroatoms. The molecule has 0 radical (unpaired) electrons. The first-order chi connectivity index (χ1) is 14.0. The van der Waals surface area contributed by atoms with E-state index in [4.69, 9.17) is 9.47 Å².